The summed E-state index contributed by atoms with van der Waals surface area (Å²) < 4.78 is 0. The molecule has 0 bridgehead atoms. The lowest BCUT2D eigenvalue weighted by atomic mass is 9.99. The van der Waals surface area contributed by atoms with Crippen molar-refractivity contribution in [3.63, 3.8) is 0 Å². The zero-order valence-electron chi connectivity index (χ0n) is 13.7. The SMILES string of the molecule is CC1CCN(c2nc(N)nc3nc(-c4ccccc4)cnc23)CC1. The van der Waals surface area contributed by atoms with Gasteiger partial charge in [-0.1, -0.05) is 37.3 Å². The van der Waals surface area contributed by atoms with Crippen LogP contribution in [0.4, 0.5) is 11.8 Å². The first kappa shape index (κ1) is 14.8. The van der Waals surface area contributed by atoms with Gasteiger partial charge in [-0.15, -0.1) is 0 Å². The van der Waals surface area contributed by atoms with Crippen LogP contribution in [-0.2, 0) is 0 Å². The maximum atomic E-state index is 5.93. The fourth-order valence-electron chi connectivity index (χ4n) is 3.10. The van der Waals surface area contributed by atoms with E-state index in [4.69, 9.17) is 5.73 Å². The molecule has 0 atom stereocenters. The third-order valence-electron chi connectivity index (χ3n) is 4.56. The van der Waals surface area contributed by atoms with Crippen LogP contribution in [0.1, 0.15) is 19.8 Å². The molecule has 0 spiro atoms. The number of hydrogen-bond acceptors (Lipinski definition) is 6. The Bertz CT molecular complexity index is 856. The maximum Gasteiger partial charge on any atom is 0.224 e. The standard InChI is InChI=1S/C18H20N6/c1-12-7-9-24(10-8-12)17-15-16(22-18(19)23-17)21-14(11-20-15)13-5-3-2-4-6-13/h2-6,11-12H,7-10H2,1H3,(H2,19,21,22,23). The highest BCUT2D eigenvalue weighted by atomic mass is 15.2. The van der Waals surface area contributed by atoms with E-state index in [9.17, 15) is 0 Å². The van der Waals surface area contributed by atoms with Crippen LogP contribution < -0.4 is 10.6 Å². The molecule has 1 saturated heterocycles. The predicted octanol–water partition coefficient (Wildman–Crippen LogP) is 2.91. The first-order valence-corrected chi connectivity index (χ1v) is 8.31. The van der Waals surface area contributed by atoms with E-state index in [1.165, 1.54) is 0 Å². The molecule has 3 aromatic rings. The van der Waals surface area contributed by atoms with Crippen molar-refractivity contribution in [1.29, 1.82) is 0 Å². The van der Waals surface area contributed by atoms with E-state index in [-0.39, 0.29) is 5.95 Å². The Balaban J connectivity index is 1.78. The molecule has 122 valence electrons. The average Bonchev–Trinajstić information content (AvgIpc) is 2.62. The molecule has 1 aliphatic rings. The van der Waals surface area contributed by atoms with Crippen LogP contribution in [0.2, 0.25) is 0 Å². The summed E-state index contributed by atoms with van der Waals surface area (Å²) in [6.07, 6.45) is 4.09. The summed E-state index contributed by atoms with van der Waals surface area (Å²) in [7, 11) is 0. The van der Waals surface area contributed by atoms with Crippen molar-refractivity contribution < 1.29 is 0 Å². The van der Waals surface area contributed by atoms with Crippen LogP contribution in [0.25, 0.3) is 22.4 Å². The van der Waals surface area contributed by atoms with Crippen LogP contribution in [0.3, 0.4) is 0 Å². The number of fused-ring (bicyclic) bond motifs is 1. The summed E-state index contributed by atoms with van der Waals surface area (Å²) in [5.41, 5.74) is 9.01. The number of aromatic nitrogens is 4. The van der Waals surface area contributed by atoms with Crippen molar-refractivity contribution in [1.82, 2.24) is 19.9 Å². The van der Waals surface area contributed by atoms with E-state index in [2.05, 4.69) is 31.8 Å². The minimum absolute atomic E-state index is 0.246. The van der Waals surface area contributed by atoms with Gasteiger partial charge in [0.2, 0.25) is 5.95 Å². The van der Waals surface area contributed by atoms with Crippen LogP contribution in [-0.4, -0.2) is 33.0 Å². The number of piperidine rings is 1. The van der Waals surface area contributed by atoms with Crippen LogP contribution in [0.5, 0.6) is 0 Å². The highest BCUT2D eigenvalue weighted by Gasteiger charge is 2.21. The molecule has 1 fully saturated rings. The molecule has 2 N–H and O–H groups in total. The minimum Gasteiger partial charge on any atom is -0.368 e. The lowest BCUT2D eigenvalue weighted by Crippen LogP contribution is -2.34. The predicted molar refractivity (Wildman–Crippen MR) is 95.6 cm³/mol. The monoisotopic (exact) mass is 320 g/mol. The fraction of sp³-hybridized carbons (Fsp3) is 0.333. The maximum absolute atomic E-state index is 5.93. The lowest BCUT2D eigenvalue weighted by molar-refractivity contribution is 0.437. The second kappa shape index (κ2) is 6.03. The number of anilines is 2. The summed E-state index contributed by atoms with van der Waals surface area (Å²) in [6, 6.07) is 9.96. The zero-order chi connectivity index (χ0) is 16.5. The van der Waals surface area contributed by atoms with E-state index < -0.39 is 0 Å². The van der Waals surface area contributed by atoms with Crippen molar-refractivity contribution in [3.8, 4) is 11.3 Å². The van der Waals surface area contributed by atoms with Gasteiger partial charge in [-0.2, -0.15) is 9.97 Å². The molecule has 0 unspecified atom stereocenters. The highest BCUT2D eigenvalue weighted by Crippen LogP contribution is 2.28. The fourth-order valence-corrected chi connectivity index (χ4v) is 3.10. The van der Waals surface area contributed by atoms with Gasteiger partial charge in [-0.3, -0.25) is 0 Å². The van der Waals surface area contributed by atoms with Gasteiger partial charge in [0.1, 0.15) is 0 Å². The molecule has 0 radical (unpaired) electrons. The molecular weight excluding hydrogens is 300 g/mol. The van der Waals surface area contributed by atoms with Crippen molar-refractivity contribution in [2.24, 2.45) is 5.92 Å². The molecule has 4 rings (SSSR count). The molecule has 3 heterocycles. The molecule has 0 aliphatic carbocycles. The Kier molecular flexibility index (Phi) is 3.72. The molecular formula is C18H20N6. The van der Waals surface area contributed by atoms with E-state index in [1.54, 1.807) is 6.20 Å². The largest absolute Gasteiger partial charge is 0.368 e. The second-order valence-corrected chi connectivity index (χ2v) is 6.37. The van der Waals surface area contributed by atoms with Crippen molar-refractivity contribution in [2.45, 2.75) is 19.8 Å². The van der Waals surface area contributed by atoms with Crippen molar-refractivity contribution >= 4 is 22.9 Å². The molecule has 6 nitrogen and oxygen atoms in total. The molecule has 0 amide bonds. The Morgan fingerprint density at radius 1 is 1.04 bits per heavy atom. The van der Waals surface area contributed by atoms with Gasteiger partial charge in [-0.25, -0.2) is 9.97 Å². The smallest absolute Gasteiger partial charge is 0.224 e. The number of nitrogen functional groups attached to an aromatic ring is 1. The third kappa shape index (κ3) is 2.75. The third-order valence-corrected chi connectivity index (χ3v) is 4.56. The van der Waals surface area contributed by atoms with Crippen LogP contribution in [0.15, 0.2) is 36.5 Å². The summed E-state index contributed by atoms with van der Waals surface area (Å²) in [4.78, 5) is 20.3. The minimum atomic E-state index is 0.246. The van der Waals surface area contributed by atoms with E-state index in [0.29, 0.717) is 5.65 Å². The van der Waals surface area contributed by atoms with Crippen LogP contribution in [0, 0.1) is 5.92 Å². The summed E-state index contributed by atoms with van der Waals surface area (Å²) in [6.45, 7) is 4.22. The van der Waals surface area contributed by atoms with Gasteiger partial charge in [-0.05, 0) is 18.8 Å². The van der Waals surface area contributed by atoms with Gasteiger partial charge in [0.15, 0.2) is 17.0 Å². The second-order valence-electron chi connectivity index (χ2n) is 6.37. The molecule has 2 aromatic heterocycles. The number of rotatable bonds is 2. The van der Waals surface area contributed by atoms with Crippen molar-refractivity contribution in [2.75, 3.05) is 23.7 Å². The summed E-state index contributed by atoms with van der Waals surface area (Å²) in [5.74, 6) is 1.80. The first-order valence-electron chi connectivity index (χ1n) is 8.31. The van der Waals surface area contributed by atoms with Crippen molar-refractivity contribution in [3.05, 3.63) is 36.5 Å². The normalized spacial score (nSPS) is 15.8. The van der Waals surface area contributed by atoms with Crippen LogP contribution >= 0.6 is 0 Å². The lowest BCUT2D eigenvalue weighted by Gasteiger charge is -2.31. The van der Waals surface area contributed by atoms with Gasteiger partial charge >= 0.3 is 0 Å². The Morgan fingerprint density at radius 3 is 2.54 bits per heavy atom. The summed E-state index contributed by atoms with van der Waals surface area (Å²) >= 11 is 0. The first-order chi connectivity index (χ1) is 11.7. The zero-order valence-corrected chi connectivity index (χ0v) is 13.7. The Hall–Kier alpha value is -2.76. The topological polar surface area (TPSA) is 80.8 Å². The van der Waals surface area contributed by atoms with Gasteiger partial charge in [0.25, 0.3) is 0 Å². The van der Waals surface area contributed by atoms with E-state index >= 15 is 0 Å². The Morgan fingerprint density at radius 2 is 1.79 bits per heavy atom. The number of nitrogens with two attached hydrogens (primary N) is 1. The summed E-state index contributed by atoms with van der Waals surface area (Å²) in [5, 5.41) is 0. The number of hydrogen-bond donors (Lipinski definition) is 1. The number of benzene rings is 1. The van der Waals surface area contributed by atoms with E-state index in [1.807, 2.05) is 30.3 Å². The molecule has 1 aliphatic heterocycles. The molecule has 24 heavy (non-hydrogen) atoms. The van der Waals surface area contributed by atoms with Gasteiger partial charge in [0.05, 0.1) is 11.9 Å². The Labute approximate surface area is 140 Å². The highest BCUT2D eigenvalue weighted by molar-refractivity contribution is 5.85. The molecule has 1 aromatic carbocycles. The van der Waals surface area contributed by atoms with E-state index in [0.717, 1.165) is 54.4 Å². The number of nitrogens with zero attached hydrogens (tertiary/aromatic N) is 5. The molecule has 6 heteroatoms. The van der Waals surface area contributed by atoms with Gasteiger partial charge in [0, 0.05) is 18.7 Å². The quantitative estimate of drug-likeness (QED) is 0.782. The molecule has 0 saturated carbocycles. The average molecular weight is 320 g/mol. The van der Waals surface area contributed by atoms with Gasteiger partial charge < -0.3 is 10.6 Å².